The van der Waals surface area contributed by atoms with Gasteiger partial charge in [-0.2, -0.15) is 64.3 Å². The van der Waals surface area contributed by atoms with Gasteiger partial charge in [-0.25, -0.2) is 52.8 Å². The third-order valence-electron chi connectivity index (χ3n) is 21.5. The van der Waals surface area contributed by atoms with Crippen LogP contribution in [0.3, 0.4) is 0 Å². The Bertz CT molecular complexity index is 6360. The fraction of sp³-hybridized carbons (Fsp3) is 0.400. The van der Waals surface area contributed by atoms with Crippen molar-refractivity contribution in [1.29, 1.82) is 0 Å². The summed E-state index contributed by atoms with van der Waals surface area (Å²) in [6.45, 7) is 4.16. The van der Waals surface area contributed by atoms with Gasteiger partial charge in [0.1, 0.15) is 81.7 Å². The van der Waals surface area contributed by atoms with Crippen LogP contribution in [0.2, 0.25) is 10.0 Å². The molecule has 19 nitrogen and oxygen atoms in total. The SMILES string of the molecule is Cc1nn(CC(=O)C[C@@H](Cc2cc(F)cc(F)c2)c2nc(C#CC(C)(C)S(C)(=O)=O)ccc2-c2ccc(Cl)c3c(CS(C)(=O)=O)nn(CC(F)(F)F)c23)c2c1[C@H]1C[C@H]1C2(F)F.Cc1nn(CC(=O)C[C@@H](Cc2cc(F)cc(F)c2)c2nc(C#CC(C)(C)S(C)(=O)=O)ccc2-c2ccc(Cl)c3c(N)nn(CC(F)(F)F)c23)c2c1[C@H]1C[C@H]1C2(F)F.I.I[I-]I. The number of rotatable bonds is 22. The molecule has 122 heavy (non-hydrogen) atoms. The summed E-state index contributed by atoms with van der Waals surface area (Å²) in [6.07, 6.45) is -7.79. The molecule has 2 saturated carbocycles. The first-order valence-electron chi connectivity index (χ1n) is 36.6. The van der Waals surface area contributed by atoms with Crippen LogP contribution in [-0.4, -0.2) is 127 Å². The summed E-state index contributed by atoms with van der Waals surface area (Å²) in [6, 6.07) is 16.4. The number of benzene rings is 4. The van der Waals surface area contributed by atoms with Crippen LogP contribution in [-0.2, 0) is 95.7 Å². The number of nitrogens with zero attached hydrogens (tertiary/aromatic N) is 10. The second-order valence-corrected chi connectivity index (χ2v) is 55.8. The Morgan fingerprint density at radius 2 is 0.910 bits per heavy atom. The van der Waals surface area contributed by atoms with Gasteiger partial charge in [-0.05, 0) is 163 Å². The fourth-order valence-electron chi connectivity index (χ4n) is 15.6. The standard InChI is InChI=1S/C41H37ClF7N5O5S2.C39H34ClF7N6O3S.I3.HI/c1-21-34-30-17-31(30)41(48,49)38(34)53(51-21)18-27(55)15-23(12-22-13-24(43)16-25(44)14-22)36-28(7-6-26(50-36)10-11-39(2,3)61(5,58)59)29-8-9-32(42)35-33(19-60(4,56)57)52-54(37(29)35)20-40(45,46)47;1-19-31-28-16-29(28)39(46,47)35(31)52(50-19)17-25(54)14-21(11-20-12-22(41)15-23(42)13-20)33-26(6-5-24(49-33)9-10-37(2,3)57(4,55)56)27-7-8-30(40)32-34(27)53(51-36(32)48)18-38(43,44)45;1-3-2;/h6-9,13-14,16,23,30-31H,12,15,17-20H2,1-5H3;5-8,12-13,15,21,28-29H,11,14,16-18H2,1-4H3,(H2,48,51);;1H/q;;-1;/t23-,30+,31-;21-,28+,29-;;/m11../s1. The molecule has 0 spiro atoms. The summed E-state index contributed by atoms with van der Waals surface area (Å²) >= 11 is 18.3. The minimum atomic E-state index is -4.87. The number of alkyl halides is 10. The molecule has 0 bridgehead atoms. The number of ketones is 2. The molecule has 0 saturated heterocycles. The number of carbonyl (C=O) groups is 2. The molecule has 4 aliphatic rings. The molecule has 0 radical (unpaired) electrons. The van der Waals surface area contributed by atoms with Crippen LogP contribution < -0.4 is 19.0 Å². The first-order chi connectivity index (χ1) is 56.0. The average Bonchev–Trinajstić information content (AvgIpc) is 1.53. The van der Waals surface area contributed by atoms with Gasteiger partial charge in [0.2, 0.25) is 0 Å². The molecule has 14 rings (SSSR count). The van der Waals surface area contributed by atoms with Crippen molar-refractivity contribution in [3.8, 4) is 45.9 Å². The van der Waals surface area contributed by atoms with Crippen molar-refractivity contribution in [2.24, 2.45) is 11.8 Å². The molecule has 4 aliphatic carbocycles. The van der Waals surface area contributed by atoms with Crippen molar-refractivity contribution in [2.45, 2.75) is 169 Å². The number of halogens is 20. The maximum absolute atomic E-state index is 15.5. The van der Waals surface area contributed by atoms with Crippen molar-refractivity contribution in [3.05, 3.63) is 192 Å². The third-order valence-corrected chi connectivity index (χ3v) is 26.9. The van der Waals surface area contributed by atoms with E-state index in [1.807, 2.05) is 0 Å². The van der Waals surface area contributed by atoms with Gasteiger partial charge in [0.15, 0.2) is 46.9 Å². The van der Waals surface area contributed by atoms with E-state index in [1.165, 1.54) is 76.2 Å². The topological polar surface area (TPSA) is 260 Å². The second kappa shape index (κ2) is 35.4. The van der Waals surface area contributed by atoms with Crippen molar-refractivity contribution in [1.82, 2.24) is 49.1 Å². The zero-order valence-corrected chi connectivity index (χ0v) is 78.2. The van der Waals surface area contributed by atoms with Crippen LogP contribution >= 0.6 is 84.4 Å². The third kappa shape index (κ3) is 20.7. The number of Topliss-reactive ketones (excluding diaryl/α,β-unsaturated/α-hetero) is 2. The van der Waals surface area contributed by atoms with Crippen LogP contribution in [0.25, 0.3) is 44.1 Å². The van der Waals surface area contributed by atoms with Crippen LogP contribution in [0, 0.1) is 72.6 Å². The molecular formula is C80H72Cl2F14I4N11O8S3-. The molecule has 6 atom stereocenters. The van der Waals surface area contributed by atoms with E-state index in [2.05, 4.69) is 81.3 Å². The van der Waals surface area contributed by atoms with E-state index < -0.39 is 166 Å². The molecule has 654 valence electrons. The van der Waals surface area contributed by atoms with E-state index in [1.54, 1.807) is 13.8 Å². The van der Waals surface area contributed by atoms with Gasteiger partial charge in [0.05, 0.1) is 60.7 Å². The van der Waals surface area contributed by atoms with E-state index >= 15 is 17.6 Å². The van der Waals surface area contributed by atoms with Gasteiger partial charge >= 0.3 is 62.8 Å². The quantitative estimate of drug-likeness (QED) is 0.0376. The Balaban J connectivity index is 0.000000229. The summed E-state index contributed by atoms with van der Waals surface area (Å²) < 4.78 is 279. The number of fused-ring (bicyclic) bond motifs is 8. The number of hydrogen-bond acceptors (Lipinski definition) is 15. The molecule has 6 aromatic heterocycles. The maximum atomic E-state index is 15.5. The first-order valence-corrected chi connectivity index (χ1v) is 55.8. The predicted octanol–water partition coefficient (Wildman–Crippen LogP) is 15.5. The molecule has 0 amide bonds. The summed E-state index contributed by atoms with van der Waals surface area (Å²) in [7, 11) is -11.3. The Morgan fingerprint density at radius 3 is 1.27 bits per heavy atom. The van der Waals surface area contributed by atoms with Crippen LogP contribution in [0.4, 0.5) is 67.3 Å². The fourth-order valence-corrected chi connectivity index (χ4v) is 17.2. The van der Waals surface area contributed by atoms with Gasteiger partial charge in [0.25, 0.3) is 11.8 Å². The number of anilines is 1. The normalized spacial score (nSPS) is 17.4. The van der Waals surface area contributed by atoms with E-state index in [0.717, 1.165) is 52.4 Å². The van der Waals surface area contributed by atoms with E-state index in [9.17, 15) is 78.7 Å². The average molecular weight is 2260 g/mol. The van der Waals surface area contributed by atoms with Gasteiger partial charge in [-0.15, -0.1) is 24.0 Å². The van der Waals surface area contributed by atoms with Gasteiger partial charge in [-0.3, -0.25) is 28.3 Å². The van der Waals surface area contributed by atoms with Crippen LogP contribution in [0.5, 0.6) is 0 Å². The predicted molar refractivity (Wildman–Crippen MR) is 454 cm³/mol. The van der Waals surface area contributed by atoms with Crippen molar-refractivity contribution in [3.63, 3.8) is 0 Å². The molecule has 42 heteroatoms. The molecule has 0 unspecified atom stereocenters. The number of nitrogens with two attached hydrogens (primary N) is 1. The first kappa shape index (κ1) is 95.8. The zero-order valence-electron chi connectivity index (χ0n) is 65.5. The summed E-state index contributed by atoms with van der Waals surface area (Å²) in [5, 5.41) is 16.2. The number of hydrogen-bond donors (Lipinski definition) is 1. The van der Waals surface area contributed by atoms with Crippen LogP contribution in [0.15, 0.2) is 84.9 Å². The van der Waals surface area contributed by atoms with E-state index in [-0.39, 0.29) is 166 Å². The number of aryl methyl sites for hydroxylation is 2. The molecule has 2 N–H and O–H groups in total. The Morgan fingerprint density at radius 1 is 0.557 bits per heavy atom. The van der Waals surface area contributed by atoms with Crippen LogP contribution in [0.1, 0.15) is 151 Å². The zero-order chi connectivity index (χ0) is 89.0. The second-order valence-electron chi connectivity index (χ2n) is 31.5. The Hall–Kier alpha value is -6.83. The number of pyridine rings is 2. The Kier molecular flexibility index (Phi) is 27.8. The number of carbonyl (C=O) groups excluding carboxylic acids is 2. The monoisotopic (exact) mass is 2250 g/mol. The molecule has 0 aliphatic heterocycles. The van der Waals surface area contributed by atoms with E-state index in [4.69, 9.17) is 38.9 Å². The summed E-state index contributed by atoms with van der Waals surface area (Å²) in [4.78, 5) is 37.6. The van der Waals surface area contributed by atoms with Crippen molar-refractivity contribution >= 4 is 153 Å². The van der Waals surface area contributed by atoms with Crippen molar-refractivity contribution in [2.75, 3.05) is 24.5 Å². The van der Waals surface area contributed by atoms with Crippen molar-refractivity contribution < 1.29 is 110 Å². The number of nitrogen functional groups attached to an aromatic ring is 1. The summed E-state index contributed by atoms with van der Waals surface area (Å²) in [5.41, 5.74) is 6.44. The molecular weight excluding hydrogens is 2180 g/mol. The minimum absolute atomic E-state index is 0. The van der Waals surface area contributed by atoms with Gasteiger partial charge in [-0.1, -0.05) is 47.2 Å². The van der Waals surface area contributed by atoms with Gasteiger partial charge < -0.3 is 5.73 Å². The molecule has 2 fully saturated rings. The number of sulfone groups is 3. The Labute approximate surface area is 748 Å². The van der Waals surface area contributed by atoms with E-state index in [0.29, 0.717) is 63.7 Å². The molecule has 10 aromatic rings. The molecule has 6 heterocycles. The van der Waals surface area contributed by atoms with Gasteiger partial charge in [0, 0.05) is 106 Å². The number of aromatic nitrogens is 10. The summed E-state index contributed by atoms with van der Waals surface area (Å²) in [5.74, 6) is -6.68. The molecule has 4 aromatic carbocycles.